The Kier molecular flexibility index (Phi) is 4.86. The van der Waals surface area contributed by atoms with E-state index in [1.165, 1.54) is 12.3 Å². The molecule has 0 amide bonds. The van der Waals surface area contributed by atoms with Gasteiger partial charge in [-0.25, -0.2) is 0 Å². The van der Waals surface area contributed by atoms with Crippen LogP contribution in [-0.2, 0) is 6.42 Å². The SMILES string of the molecule is O=c1c(Cl)c(N[C@H]2c3ccccc3C[C@H]2O)cnn1-c1ccc(Cl)cc1Cl. The fourth-order valence-electron chi connectivity index (χ4n) is 3.27. The molecule has 2 aromatic carbocycles. The molecule has 4 rings (SSSR count). The van der Waals surface area contributed by atoms with Gasteiger partial charge >= 0.3 is 0 Å². The third-order valence-corrected chi connectivity index (χ3v) is 5.47. The molecular weight excluding hydrogens is 409 g/mol. The Balaban J connectivity index is 1.70. The molecule has 0 unspecified atom stereocenters. The van der Waals surface area contributed by atoms with Crippen molar-refractivity contribution in [3.63, 3.8) is 0 Å². The number of aliphatic hydroxyl groups is 1. The molecule has 27 heavy (non-hydrogen) atoms. The van der Waals surface area contributed by atoms with Crippen LogP contribution in [0.4, 0.5) is 5.69 Å². The van der Waals surface area contributed by atoms with Gasteiger partial charge in [0, 0.05) is 11.4 Å². The van der Waals surface area contributed by atoms with Crippen LogP contribution >= 0.6 is 34.8 Å². The van der Waals surface area contributed by atoms with Crippen LogP contribution in [0.5, 0.6) is 0 Å². The average Bonchev–Trinajstić information content (AvgIpc) is 2.95. The molecule has 2 atom stereocenters. The number of aliphatic hydroxyl groups excluding tert-OH is 1. The maximum Gasteiger partial charge on any atom is 0.292 e. The molecular formula is C19H14Cl3N3O2. The lowest BCUT2D eigenvalue weighted by atomic mass is 10.1. The molecule has 0 bridgehead atoms. The van der Waals surface area contributed by atoms with Crippen molar-refractivity contribution in [2.24, 2.45) is 0 Å². The molecule has 0 spiro atoms. The van der Waals surface area contributed by atoms with Gasteiger partial charge in [0.15, 0.2) is 0 Å². The largest absolute Gasteiger partial charge is 0.390 e. The zero-order valence-electron chi connectivity index (χ0n) is 13.9. The summed E-state index contributed by atoms with van der Waals surface area (Å²) in [6, 6.07) is 12.1. The molecule has 3 aromatic rings. The molecule has 0 aliphatic heterocycles. The summed E-state index contributed by atoms with van der Waals surface area (Å²) in [7, 11) is 0. The van der Waals surface area contributed by atoms with Crippen LogP contribution in [0, 0.1) is 0 Å². The van der Waals surface area contributed by atoms with E-state index in [1.807, 2.05) is 24.3 Å². The number of hydrogen-bond acceptors (Lipinski definition) is 4. The van der Waals surface area contributed by atoms with Crippen LogP contribution in [0.1, 0.15) is 17.2 Å². The maximum atomic E-state index is 12.7. The summed E-state index contributed by atoms with van der Waals surface area (Å²) < 4.78 is 1.12. The minimum absolute atomic E-state index is 0.0346. The number of nitrogens with one attached hydrogen (secondary N) is 1. The minimum Gasteiger partial charge on any atom is -0.390 e. The molecule has 1 aliphatic carbocycles. The van der Waals surface area contributed by atoms with Crippen molar-refractivity contribution in [3.05, 3.63) is 85.2 Å². The highest BCUT2D eigenvalue weighted by atomic mass is 35.5. The highest BCUT2D eigenvalue weighted by Gasteiger charge is 2.31. The number of aromatic nitrogens is 2. The zero-order valence-corrected chi connectivity index (χ0v) is 16.1. The van der Waals surface area contributed by atoms with Gasteiger partial charge in [-0.05, 0) is 29.3 Å². The van der Waals surface area contributed by atoms with Gasteiger partial charge in [-0.2, -0.15) is 9.78 Å². The summed E-state index contributed by atoms with van der Waals surface area (Å²) in [5, 5.41) is 18.4. The lowest BCUT2D eigenvalue weighted by Gasteiger charge is -2.20. The van der Waals surface area contributed by atoms with E-state index in [1.54, 1.807) is 12.1 Å². The van der Waals surface area contributed by atoms with Crippen molar-refractivity contribution >= 4 is 40.5 Å². The van der Waals surface area contributed by atoms with E-state index in [0.29, 0.717) is 22.8 Å². The summed E-state index contributed by atoms with van der Waals surface area (Å²) in [5.41, 5.74) is 2.25. The summed E-state index contributed by atoms with van der Waals surface area (Å²) in [5.74, 6) is 0. The van der Waals surface area contributed by atoms with Gasteiger partial charge in [-0.3, -0.25) is 4.79 Å². The normalized spacial score (nSPS) is 18.4. The Hall–Kier alpha value is -2.05. The van der Waals surface area contributed by atoms with Crippen LogP contribution in [0.3, 0.4) is 0 Å². The summed E-state index contributed by atoms with van der Waals surface area (Å²) in [6.45, 7) is 0. The van der Waals surface area contributed by atoms with Crippen LogP contribution in [0.2, 0.25) is 15.1 Å². The predicted octanol–water partition coefficient (Wildman–Crippen LogP) is 4.26. The molecule has 0 saturated carbocycles. The van der Waals surface area contributed by atoms with Crippen molar-refractivity contribution in [1.82, 2.24) is 9.78 Å². The van der Waals surface area contributed by atoms with Crippen molar-refractivity contribution < 1.29 is 5.11 Å². The predicted molar refractivity (Wildman–Crippen MR) is 107 cm³/mol. The van der Waals surface area contributed by atoms with Crippen molar-refractivity contribution in [3.8, 4) is 5.69 Å². The number of nitrogens with zero attached hydrogens (tertiary/aromatic N) is 2. The monoisotopic (exact) mass is 421 g/mol. The topological polar surface area (TPSA) is 67.2 Å². The smallest absolute Gasteiger partial charge is 0.292 e. The molecule has 1 aromatic heterocycles. The molecule has 0 radical (unpaired) electrons. The summed E-state index contributed by atoms with van der Waals surface area (Å²) >= 11 is 18.4. The number of benzene rings is 2. The molecule has 8 heteroatoms. The standard InChI is InChI=1S/C19H14Cl3N3O2/c20-11-5-6-15(13(21)8-11)25-19(27)17(22)14(9-23-25)24-18-12-4-2-1-3-10(12)7-16(18)26/h1-6,8-9,16,18,24,26H,7H2/t16-,18+/m1/s1. The van der Waals surface area contributed by atoms with Crippen molar-refractivity contribution in [2.45, 2.75) is 18.6 Å². The number of hydrogen-bond donors (Lipinski definition) is 2. The molecule has 1 heterocycles. The van der Waals surface area contributed by atoms with Crippen LogP contribution < -0.4 is 10.9 Å². The summed E-state index contributed by atoms with van der Waals surface area (Å²) in [6.07, 6.45) is 1.37. The van der Waals surface area contributed by atoms with Gasteiger partial charge in [0.05, 0.1) is 34.7 Å². The Morgan fingerprint density at radius 2 is 1.93 bits per heavy atom. The molecule has 0 fully saturated rings. The molecule has 2 N–H and O–H groups in total. The van der Waals surface area contributed by atoms with Crippen LogP contribution in [0.25, 0.3) is 5.69 Å². The highest BCUT2D eigenvalue weighted by Crippen LogP contribution is 2.35. The summed E-state index contributed by atoms with van der Waals surface area (Å²) in [4.78, 5) is 12.7. The zero-order chi connectivity index (χ0) is 19.1. The first-order valence-electron chi connectivity index (χ1n) is 8.21. The first kappa shape index (κ1) is 18.3. The van der Waals surface area contributed by atoms with Gasteiger partial charge in [0.1, 0.15) is 5.02 Å². The van der Waals surface area contributed by atoms with Gasteiger partial charge < -0.3 is 10.4 Å². The van der Waals surface area contributed by atoms with E-state index in [0.717, 1.165) is 15.8 Å². The first-order valence-corrected chi connectivity index (χ1v) is 9.35. The van der Waals surface area contributed by atoms with E-state index < -0.39 is 11.7 Å². The van der Waals surface area contributed by atoms with E-state index in [2.05, 4.69) is 10.4 Å². The third-order valence-electron chi connectivity index (χ3n) is 4.57. The second-order valence-corrected chi connectivity index (χ2v) is 7.50. The quantitative estimate of drug-likeness (QED) is 0.662. The van der Waals surface area contributed by atoms with Gasteiger partial charge in [0.2, 0.25) is 0 Å². The lowest BCUT2D eigenvalue weighted by Crippen LogP contribution is -2.26. The second kappa shape index (κ2) is 7.17. The van der Waals surface area contributed by atoms with Crippen LogP contribution in [-0.4, -0.2) is 21.0 Å². The third kappa shape index (κ3) is 3.32. The second-order valence-electron chi connectivity index (χ2n) is 6.28. The van der Waals surface area contributed by atoms with Gasteiger partial charge in [0.25, 0.3) is 5.56 Å². The van der Waals surface area contributed by atoms with Gasteiger partial charge in [-0.15, -0.1) is 0 Å². The van der Waals surface area contributed by atoms with E-state index in [-0.39, 0.29) is 16.1 Å². The Morgan fingerprint density at radius 1 is 1.15 bits per heavy atom. The van der Waals surface area contributed by atoms with E-state index >= 15 is 0 Å². The molecule has 5 nitrogen and oxygen atoms in total. The maximum absolute atomic E-state index is 12.7. The number of halogens is 3. The lowest BCUT2D eigenvalue weighted by molar-refractivity contribution is 0.166. The minimum atomic E-state index is -0.619. The van der Waals surface area contributed by atoms with Crippen molar-refractivity contribution in [2.75, 3.05) is 5.32 Å². The average molecular weight is 423 g/mol. The molecule has 0 saturated heterocycles. The Bertz CT molecular complexity index is 1080. The van der Waals surface area contributed by atoms with Gasteiger partial charge in [-0.1, -0.05) is 59.1 Å². The highest BCUT2D eigenvalue weighted by molar-refractivity contribution is 6.36. The molecule has 1 aliphatic rings. The number of rotatable bonds is 3. The Labute approximate surface area is 170 Å². The fraction of sp³-hybridized carbons (Fsp3) is 0.158. The number of anilines is 1. The van der Waals surface area contributed by atoms with Crippen molar-refractivity contribution in [1.29, 1.82) is 0 Å². The number of fused-ring (bicyclic) bond motifs is 1. The van der Waals surface area contributed by atoms with Crippen LogP contribution in [0.15, 0.2) is 53.5 Å². The van der Waals surface area contributed by atoms with E-state index in [4.69, 9.17) is 34.8 Å². The molecule has 138 valence electrons. The first-order chi connectivity index (χ1) is 13.0. The van der Waals surface area contributed by atoms with E-state index in [9.17, 15) is 9.90 Å². The fourth-order valence-corrected chi connectivity index (χ4v) is 3.95. The Morgan fingerprint density at radius 3 is 2.70 bits per heavy atom.